The Balaban J connectivity index is 0.000000357. The molecule has 1 heterocycles. The summed E-state index contributed by atoms with van der Waals surface area (Å²) >= 11 is 0. The lowest BCUT2D eigenvalue weighted by Crippen LogP contribution is -2.50. The Hall–Kier alpha value is -3.26. The van der Waals surface area contributed by atoms with E-state index in [1.165, 1.54) is 5.56 Å². The highest BCUT2D eigenvalue weighted by molar-refractivity contribution is 5.92. The molecule has 1 aromatic heterocycles. The van der Waals surface area contributed by atoms with E-state index in [0.29, 0.717) is 25.1 Å². The summed E-state index contributed by atoms with van der Waals surface area (Å²) in [5.74, 6) is -0.379. The summed E-state index contributed by atoms with van der Waals surface area (Å²) in [7, 11) is 0. The molecule has 7 nitrogen and oxygen atoms in total. The second kappa shape index (κ2) is 14.7. The number of allylic oxidation sites excluding steroid dienone is 1. The Labute approximate surface area is 196 Å². The van der Waals surface area contributed by atoms with E-state index in [4.69, 9.17) is 5.73 Å². The van der Waals surface area contributed by atoms with E-state index in [9.17, 15) is 9.90 Å². The molecule has 0 radical (unpaired) electrons. The third kappa shape index (κ3) is 9.82. The molecule has 0 spiro atoms. The van der Waals surface area contributed by atoms with Crippen LogP contribution in [0.3, 0.4) is 0 Å². The fourth-order valence-corrected chi connectivity index (χ4v) is 3.25. The van der Waals surface area contributed by atoms with Gasteiger partial charge in [-0.3, -0.25) is 14.8 Å². The van der Waals surface area contributed by atoms with Crippen LogP contribution in [-0.2, 0) is 19.5 Å². The third-order valence-electron chi connectivity index (χ3n) is 4.97. The fraction of sp³-hybridized carbons (Fsp3) is 0.308. The molecule has 3 aromatic rings. The van der Waals surface area contributed by atoms with Crippen molar-refractivity contribution < 1.29 is 9.90 Å². The number of hydrogen-bond donors (Lipinski definition) is 4. The van der Waals surface area contributed by atoms with Gasteiger partial charge < -0.3 is 16.2 Å². The molecule has 1 amide bonds. The van der Waals surface area contributed by atoms with E-state index in [1.54, 1.807) is 24.3 Å². The van der Waals surface area contributed by atoms with Crippen LogP contribution in [0.1, 0.15) is 34.8 Å². The van der Waals surface area contributed by atoms with Gasteiger partial charge >= 0.3 is 0 Å². The van der Waals surface area contributed by atoms with Gasteiger partial charge in [-0.2, -0.15) is 5.10 Å². The van der Waals surface area contributed by atoms with Crippen LogP contribution >= 0.6 is 0 Å². The molecule has 0 saturated carbocycles. The Morgan fingerprint density at radius 3 is 2.36 bits per heavy atom. The number of aliphatic hydroxyl groups excluding tert-OH is 1. The van der Waals surface area contributed by atoms with E-state index in [1.807, 2.05) is 54.3 Å². The second-order valence-corrected chi connectivity index (χ2v) is 7.60. The molecule has 2 aromatic carbocycles. The lowest BCUT2D eigenvalue weighted by Gasteiger charge is -2.25. The van der Waals surface area contributed by atoms with E-state index in [-0.39, 0.29) is 12.1 Å². The minimum Gasteiger partial charge on any atom is -0.390 e. The largest absolute Gasteiger partial charge is 0.390 e. The molecule has 5 N–H and O–H groups in total. The van der Waals surface area contributed by atoms with E-state index in [2.05, 4.69) is 34.4 Å². The summed E-state index contributed by atoms with van der Waals surface area (Å²) in [5.41, 5.74) is 7.87. The zero-order chi connectivity index (χ0) is 23.9. The maximum atomic E-state index is 10.5. The maximum Gasteiger partial charge on any atom is 0.248 e. The minimum atomic E-state index is -0.451. The molecule has 3 rings (SSSR count). The zero-order valence-electron chi connectivity index (χ0n) is 19.2. The molecule has 0 bridgehead atoms. The molecule has 1 unspecified atom stereocenters. The van der Waals surface area contributed by atoms with E-state index in [0.717, 1.165) is 18.5 Å². The first-order valence-electron chi connectivity index (χ1n) is 11.2. The van der Waals surface area contributed by atoms with Gasteiger partial charge in [-0.1, -0.05) is 61.5 Å². The third-order valence-corrected chi connectivity index (χ3v) is 4.97. The number of carbonyl (C=O) groups is 1. The first-order valence-corrected chi connectivity index (χ1v) is 11.2. The number of likely N-dealkylation sites (N-methyl/N-ethyl adjacent to an activating group) is 1. The van der Waals surface area contributed by atoms with Gasteiger partial charge in [0.25, 0.3) is 0 Å². The molecule has 0 aliphatic rings. The van der Waals surface area contributed by atoms with Crippen molar-refractivity contribution in [1.29, 1.82) is 0 Å². The van der Waals surface area contributed by atoms with Crippen molar-refractivity contribution in [2.45, 2.75) is 45.1 Å². The molecule has 33 heavy (non-hydrogen) atoms. The first-order chi connectivity index (χ1) is 16.0. The average molecular weight is 450 g/mol. The van der Waals surface area contributed by atoms with Gasteiger partial charge in [0.2, 0.25) is 5.91 Å². The first kappa shape index (κ1) is 26.0. The molecule has 0 aliphatic carbocycles. The summed E-state index contributed by atoms with van der Waals surface area (Å²) in [4.78, 5) is 10.4. The number of amides is 1. The molecule has 176 valence electrons. The number of nitrogens with two attached hydrogens (primary N) is 1. The Kier molecular flexibility index (Phi) is 11.6. The van der Waals surface area contributed by atoms with Gasteiger partial charge in [0, 0.05) is 23.9 Å². The normalized spacial score (nSPS) is 12.3. The van der Waals surface area contributed by atoms with Crippen molar-refractivity contribution in [3.8, 4) is 0 Å². The predicted octanol–water partition coefficient (Wildman–Crippen LogP) is 2.87. The van der Waals surface area contributed by atoms with Gasteiger partial charge in [0.15, 0.2) is 0 Å². The SMILES string of the molecule is C=CCn1cc(CNC(NCC)[C@H](O)CCc2ccccc2)cn1.NC(=O)c1ccccc1. The number of rotatable bonds is 12. The highest BCUT2D eigenvalue weighted by Gasteiger charge is 2.17. The van der Waals surface area contributed by atoms with E-state index >= 15 is 0 Å². The molecule has 0 fully saturated rings. The number of nitrogens with zero attached hydrogens (tertiary/aromatic N) is 2. The number of carbonyl (C=O) groups excluding carboxylic acids is 1. The zero-order valence-corrected chi connectivity index (χ0v) is 19.2. The predicted molar refractivity (Wildman–Crippen MR) is 132 cm³/mol. The van der Waals surface area contributed by atoms with Crippen LogP contribution in [0.5, 0.6) is 0 Å². The Morgan fingerprint density at radius 1 is 1.12 bits per heavy atom. The number of aliphatic hydroxyl groups is 1. The number of benzene rings is 2. The van der Waals surface area contributed by atoms with Crippen molar-refractivity contribution >= 4 is 5.91 Å². The maximum absolute atomic E-state index is 10.5. The molecule has 7 heteroatoms. The molecular formula is C26H35N5O2. The Bertz CT molecular complexity index is 944. The van der Waals surface area contributed by atoms with Crippen LogP contribution in [0.2, 0.25) is 0 Å². The highest BCUT2D eigenvalue weighted by atomic mass is 16.3. The van der Waals surface area contributed by atoms with Crippen LogP contribution in [0, 0.1) is 0 Å². The number of aryl methyl sites for hydroxylation is 1. The van der Waals surface area contributed by atoms with Crippen molar-refractivity contribution in [3.05, 3.63) is 102 Å². The van der Waals surface area contributed by atoms with Gasteiger partial charge in [-0.25, -0.2) is 0 Å². The average Bonchev–Trinajstić information content (AvgIpc) is 3.29. The van der Waals surface area contributed by atoms with Crippen LogP contribution < -0.4 is 16.4 Å². The van der Waals surface area contributed by atoms with Crippen molar-refractivity contribution in [2.24, 2.45) is 5.73 Å². The summed E-state index contributed by atoms with van der Waals surface area (Å²) in [5, 5.41) is 21.5. The van der Waals surface area contributed by atoms with Gasteiger partial charge in [0.05, 0.1) is 25.0 Å². The lowest BCUT2D eigenvalue weighted by molar-refractivity contribution is 0.0999. The molecule has 0 saturated heterocycles. The Morgan fingerprint density at radius 2 is 1.79 bits per heavy atom. The molecule has 0 aliphatic heterocycles. The monoisotopic (exact) mass is 449 g/mol. The van der Waals surface area contributed by atoms with Crippen molar-refractivity contribution in [2.75, 3.05) is 6.54 Å². The van der Waals surface area contributed by atoms with Gasteiger partial charge in [-0.15, -0.1) is 6.58 Å². The van der Waals surface area contributed by atoms with Crippen LogP contribution in [0.4, 0.5) is 0 Å². The highest BCUT2D eigenvalue weighted by Crippen LogP contribution is 2.08. The van der Waals surface area contributed by atoms with Crippen LogP contribution in [-0.4, -0.2) is 39.6 Å². The minimum absolute atomic E-state index is 0.138. The van der Waals surface area contributed by atoms with Gasteiger partial charge in [-0.05, 0) is 37.1 Å². The smallest absolute Gasteiger partial charge is 0.248 e. The number of hydrogen-bond acceptors (Lipinski definition) is 5. The van der Waals surface area contributed by atoms with Gasteiger partial charge in [0.1, 0.15) is 0 Å². The number of primary amides is 1. The number of nitrogens with one attached hydrogen (secondary N) is 2. The summed E-state index contributed by atoms with van der Waals surface area (Å²) in [6, 6.07) is 19.0. The topological polar surface area (TPSA) is 105 Å². The van der Waals surface area contributed by atoms with Crippen LogP contribution in [0.25, 0.3) is 0 Å². The lowest BCUT2D eigenvalue weighted by atomic mass is 10.1. The van der Waals surface area contributed by atoms with Crippen molar-refractivity contribution in [1.82, 2.24) is 20.4 Å². The quantitative estimate of drug-likeness (QED) is 0.251. The van der Waals surface area contributed by atoms with E-state index < -0.39 is 6.10 Å². The summed E-state index contributed by atoms with van der Waals surface area (Å²) in [6.45, 7) is 7.93. The molecule has 2 atom stereocenters. The standard InChI is InChI=1S/C19H28N4O.C7H7NO/c1-3-12-23-15-17(14-22-23)13-21-19(20-4-2)18(24)11-10-16-8-6-5-7-9-16;8-7(9)6-4-2-1-3-5-6/h3,5-9,14-15,18-21,24H,1,4,10-13H2,2H3;1-5H,(H2,8,9)/t18-,19?;/m1./s1. The number of aromatic nitrogens is 2. The summed E-state index contributed by atoms with van der Waals surface area (Å²) < 4.78 is 1.85. The fourth-order valence-electron chi connectivity index (χ4n) is 3.25. The summed E-state index contributed by atoms with van der Waals surface area (Å²) in [6.07, 6.45) is 6.64. The molecular weight excluding hydrogens is 414 g/mol. The van der Waals surface area contributed by atoms with Crippen LogP contribution in [0.15, 0.2) is 85.7 Å². The second-order valence-electron chi connectivity index (χ2n) is 7.60. The van der Waals surface area contributed by atoms with Crippen molar-refractivity contribution in [3.63, 3.8) is 0 Å².